The number of piperidine rings is 1. The zero-order valence-corrected chi connectivity index (χ0v) is 16.6. The van der Waals surface area contributed by atoms with Gasteiger partial charge in [-0.05, 0) is 31.2 Å². The second-order valence-corrected chi connectivity index (χ2v) is 7.62. The Morgan fingerprint density at radius 1 is 1.19 bits per heavy atom. The van der Waals surface area contributed by atoms with Crippen LogP contribution in [0.5, 0.6) is 0 Å². The number of rotatable bonds is 7. The van der Waals surface area contributed by atoms with Crippen LogP contribution in [0.4, 0.5) is 0 Å². The number of amides is 1. The summed E-state index contributed by atoms with van der Waals surface area (Å²) in [5.74, 6) is 1.63. The van der Waals surface area contributed by atoms with Crippen LogP contribution in [0.2, 0.25) is 0 Å². The van der Waals surface area contributed by atoms with Gasteiger partial charge in [0, 0.05) is 44.7 Å². The van der Waals surface area contributed by atoms with E-state index in [1.165, 1.54) is 5.56 Å². The Morgan fingerprint density at radius 3 is 2.59 bits per heavy atom. The molecule has 1 aliphatic carbocycles. The van der Waals surface area contributed by atoms with Gasteiger partial charge >= 0.3 is 0 Å². The molecular formula is C21H33N5O. The summed E-state index contributed by atoms with van der Waals surface area (Å²) < 4.78 is 0. The zero-order valence-electron chi connectivity index (χ0n) is 16.6. The summed E-state index contributed by atoms with van der Waals surface area (Å²) in [4.78, 5) is 18.5. The number of benzene rings is 1. The second-order valence-electron chi connectivity index (χ2n) is 7.62. The van der Waals surface area contributed by atoms with E-state index in [1.807, 2.05) is 7.05 Å². The fourth-order valence-corrected chi connectivity index (χ4v) is 3.72. The first kappa shape index (κ1) is 19.7. The number of nitrogens with zero attached hydrogens (tertiary/aromatic N) is 2. The van der Waals surface area contributed by atoms with Gasteiger partial charge in [-0.15, -0.1) is 0 Å². The summed E-state index contributed by atoms with van der Waals surface area (Å²) in [5.41, 5.74) is 1.40. The zero-order chi connectivity index (χ0) is 19.1. The van der Waals surface area contributed by atoms with E-state index in [4.69, 9.17) is 0 Å². The van der Waals surface area contributed by atoms with Gasteiger partial charge in [0.05, 0.1) is 6.54 Å². The molecule has 1 aliphatic heterocycles. The lowest BCUT2D eigenvalue weighted by molar-refractivity contribution is -0.122. The third-order valence-electron chi connectivity index (χ3n) is 5.43. The number of carbonyl (C=O) groups excluding carboxylic acids is 1. The van der Waals surface area contributed by atoms with Crippen LogP contribution in [0, 0.1) is 0 Å². The molecule has 6 heteroatoms. The minimum atomic E-state index is 0.140. The molecule has 2 aliphatic rings. The predicted octanol–water partition coefficient (Wildman–Crippen LogP) is 1.70. The number of nitrogens with one attached hydrogen (secondary N) is 3. The van der Waals surface area contributed by atoms with Gasteiger partial charge in [0.2, 0.25) is 5.91 Å². The van der Waals surface area contributed by atoms with Gasteiger partial charge in [-0.2, -0.15) is 0 Å². The van der Waals surface area contributed by atoms with Crippen molar-refractivity contribution in [3.63, 3.8) is 0 Å². The summed E-state index contributed by atoms with van der Waals surface area (Å²) in [6.45, 7) is 5.25. The summed E-state index contributed by atoms with van der Waals surface area (Å²) in [6.07, 6.45) is 4.22. The van der Waals surface area contributed by atoms with Gasteiger partial charge in [-0.25, -0.2) is 0 Å². The molecule has 0 bridgehead atoms. The Hall–Kier alpha value is -2.08. The fraction of sp³-hybridized carbons (Fsp3) is 0.619. The smallest absolute Gasteiger partial charge is 0.234 e. The molecule has 3 rings (SSSR count). The third kappa shape index (κ3) is 5.96. The standard InChI is InChI=1S/C21H33N5O/c1-3-11-23-20(27)15-26-12-9-17(10-13-26)24-21(22-2)25-19-14-18(19)16-7-5-4-6-8-16/h4-8,17-19H,3,9-15H2,1-2H3,(H,23,27)(H2,22,24,25). The lowest BCUT2D eigenvalue weighted by Gasteiger charge is -2.32. The van der Waals surface area contributed by atoms with Crippen LogP contribution in [-0.4, -0.2) is 62.1 Å². The number of guanidine groups is 1. The Kier molecular flexibility index (Phi) is 7.10. The fourth-order valence-electron chi connectivity index (χ4n) is 3.72. The molecule has 0 aromatic heterocycles. The summed E-state index contributed by atoms with van der Waals surface area (Å²) in [7, 11) is 1.84. The topological polar surface area (TPSA) is 68.8 Å². The van der Waals surface area contributed by atoms with Crippen molar-refractivity contribution in [2.45, 2.75) is 50.6 Å². The maximum absolute atomic E-state index is 11.9. The van der Waals surface area contributed by atoms with E-state index in [2.05, 4.69) is 63.1 Å². The average molecular weight is 372 g/mol. The highest BCUT2D eigenvalue weighted by Crippen LogP contribution is 2.40. The van der Waals surface area contributed by atoms with Gasteiger partial charge in [-0.3, -0.25) is 14.7 Å². The molecule has 148 valence electrons. The van der Waals surface area contributed by atoms with Crippen molar-refractivity contribution in [3.05, 3.63) is 35.9 Å². The largest absolute Gasteiger partial charge is 0.355 e. The molecule has 1 amide bonds. The van der Waals surface area contributed by atoms with Crippen molar-refractivity contribution < 1.29 is 4.79 Å². The quantitative estimate of drug-likeness (QED) is 0.504. The van der Waals surface area contributed by atoms with E-state index in [0.717, 1.165) is 51.3 Å². The normalized spacial score (nSPS) is 23.7. The number of aliphatic imine (C=N–C) groups is 1. The highest BCUT2D eigenvalue weighted by molar-refractivity contribution is 5.81. The summed E-state index contributed by atoms with van der Waals surface area (Å²) >= 11 is 0. The second kappa shape index (κ2) is 9.74. The predicted molar refractivity (Wildman–Crippen MR) is 110 cm³/mol. The first-order valence-corrected chi connectivity index (χ1v) is 10.2. The lowest BCUT2D eigenvalue weighted by Crippen LogP contribution is -2.50. The van der Waals surface area contributed by atoms with E-state index >= 15 is 0 Å². The van der Waals surface area contributed by atoms with E-state index in [0.29, 0.717) is 24.5 Å². The van der Waals surface area contributed by atoms with Crippen molar-refractivity contribution in [2.24, 2.45) is 4.99 Å². The molecule has 1 aromatic rings. The maximum Gasteiger partial charge on any atom is 0.234 e. The van der Waals surface area contributed by atoms with Crippen LogP contribution in [0.25, 0.3) is 0 Å². The molecule has 6 nitrogen and oxygen atoms in total. The van der Waals surface area contributed by atoms with Crippen LogP contribution in [0.1, 0.15) is 44.1 Å². The number of hydrogen-bond acceptors (Lipinski definition) is 3. The highest BCUT2D eigenvalue weighted by atomic mass is 16.2. The van der Waals surface area contributed by atoms with Gasteiger partial charge in [0.25, 0.3) is 0 Å². The minimum Gasteiger partial charge on any atom is -0.355 e. The van der Waals surface area contributed by atoms with Crippen molar-refractivity contribution in [1.82, 2.24) is 20.9 Å². The highest BCUT2D eigenvalue weighted by Gasteiger charge is 2.39. The molecule has 2 unspecified atom stereocenters. The van der Waals surface area contributed by atoms with Crippen LogP contribution in [-0.2, 0) is 4.79 Å². The number of hydrogen-bond donors (Lipinski definition) is 3. The minimum absolute atomic E-state index is 0.140. The molecule has 1 saturated heterocycles. The molecule has 0 spiro atoms. The Bertz CT molecular complexity index is 625. The Labute approximate surface area is 162 Å². The van der Waals surface area contributed by atoms with Crippen molar-refractivity contribution in [3.8, 4) is 0 Å². The number of carbonyl (C=O) groups is 1. The average Bonchev–Trinajstić information content (AvgIpc) is 3.47. The first-order valence-electron chi connectivity index (χ1n) is 10.2. The lowest BCUT2D eigenvalue weighted by atomic mass is 10.1. The SMILES string of the molecule is CCCNC(=O)CN1CCC(NC(=NC)NC2CC2c2ccccc2)CC1. The van der Waals surface area contributed by atoms with E-state index < -0.39 is 0 Å². The Balaban J connectivity index is 1.37. The molecule has 1 saturated carbocycles. The van der Waals surface area contributed by atoms with Gasteiger partial charge in [0.15, 0.2) is 5.96 Å². The third-order valence-corrected chi connectivity index (χ3v) is 5.43. The summed E-state index contributed by atoms with van der Waals surface area (Å²) in [6, 6.07) is 11.6. The Morgan fingerprint density at radius 2 is 1.93 bits per heavy atom. The summed E-state index contributed by atoms with van der Waals surface area (Å²) in [5, 5.41) is 10.1. The molecule has 3 N–H and O–H groups in total. The maximum atomic E-state index is 11.9. The van der Waals surface area contributed by atoms with Crippen LogP contribution >= 0.6 is 0 Å². The molecular weight excluding hydrogens is 338 g/mol. The molecule has 0 radical (unpaired) electrons. The van der Waals surface area contributed by atoms with Crippen molar-refractivity contribution >= 4 is 11.9 Å². The van der Waals surface area contributed by atoms with E-state index in [1.54, 1.807) is 0 Å². The van der Waals surface area contributed by atoms with E-state index in [-0.39, 0.29) is 5.91 Å². The van der Waals surface area contributed by atoms with Gasteiger partial charge < -0.3 is 16.0 Å². The monoisotopic (exact) mass is 371 g/mol. The van der Waals surface area contributed by atoms with Crippen LogP contribution in [0.15, 0.2) is 35.3 Å². The van der Waals surface area contributed by atoms with Crippen LogP contribution in [0.3, 0.4) is 0 Å². The van der Waals surface area contributed by atoms with Crippen molar-refractivity contribution in [1.29, 1.82) is 0 Å². The molecule has 2 atom stereocenters. The van der Waals surface area contributed by atoms with Gasteiger partial charge in [0.1, 0.15) is 0 Å². The number of likely N-dealkylation sites (tertiary alicyclic amines) is 1. The molecule has 1 heterocycles. The van der Waals surface area contributed by atoms with Crippen LogP contribution < -0.4 is 16.0 Å². The van der Waals surface area contributed by atoms with Crippen molar-refractivity contribution in [2.75, 3.05) is 33.2 Å². The van der Waals surface area contributed by atoms with Gasteiger partial charge in [-0.1, -0.05) is 37.3 Å². The van der Waals surface area contributed by atoms with E-state index in [9.17, 15) is 4.79 Å². The molecule has 1 aromatic carbocycles. The molecule has 27 heavy (non-hydrogen) atoms. The molecule has 2 fully saturated rings. The first-order chi connectivity index (χ1) is 13.2.